The molecule has 1 aromatic rings. The first-order valence-electron chi connectivity index (χ1n) is 12.7. The lowest BCUT2D eigenvalue weighted by molar-refractivity contribution is 0.0519. The van der Waals surface area contributed by atoms with E-state index in [0.29, 0.717) is 19.0 Å². The van der Waals surface area contributed by atoms with Gasteiger partial charge in [-0.15, -0.1) is 0 Å². The van der Waals surface area contributed by atoms with Crippen molar-refractivity contribution in [2.45, 2.75) is 91.6 Å². The Morgan fingerprint density at radius 3 is 1.88 bits per heavy atom. The van der Waals surface area contributed by atoms with Gasteiger partial charge in [0, 0.05) is 25.2 Å². The number of ether oxygens (including phenoxy) is 1. The summed E-state index contributed by atoms with van der Waals surface area (Å²) in [5.41, 5.74) is 2.64. The van der Waals surface area contributed by atoms with E-state index in [1.54, 1.807) is 0 Å². The van der Waals surface area contributed by atoms with E-state index in [0.717, 1.165) is 38.0 Å². The molecule has 34 heavy (non-hydrogen) atoms. The van der Waals surface area contributed by atoms with E-state index in [-0.39, 0.29) is 22.8 Å². The van der Waals surface area contributed by atoms with Crippen LogP contribution >= 0.6 is 0 Å². The summed E-state index contributed by atoms with van der Waals surface area (Å²) in [5, 5.41) is 6.02. The third-order valence-electron chi connectivity index (χ3n) is 6.28. The lowest BCUT2D eigenvalue weighted by Crippen LogP contribution is -2.42. The second kappa shape index (κ2) is 11.1. The summed E-state index contributed by atoms with van der Waals surface area (Å²) in [4.78, 5) is 27.2. The van der Waals surface area contributed by atoms with Crippen LogP contribution in [0.3, 0.4) is 0 Å². The summed E-state index contributed by atoms with van der Waals surface area (Å²) in [7, 11) is 0. The number of nitrogens with zero attached hydrogens (tertiary/aromatic N) is 1. The van der Waals surface area contributed by atoms with Crippen LogP contribution in [0, 0.1) is 5.92 Å². The second-order valence-corrected chi connectivity index (χ2v) is 12.7. The molecule has 1 aliphatic rings. The minimum atomic E-state index is -0.477. The third-order valence-corrected chi connectivity index (χ3v) is 6.28. The Kier molecular flexibility index (Phi) is 9.20. The van der Waals surface area contributed by atoms with Gasteiger partial charge in [-0.3, -0.25) is 4.79 Å². The van der Waals surface area contributed by atoms with E-state index < -0.39 is 5.60 Å². The zero-order chi connectivity index (χ0) is 25.7. The molecule has 1 fully saturated rings. The number of nitrogens with one attached hydrogen (secondary N) is 2. The second-order valence-electron chi connectivity index (χ2n) is 12.7. The van der Waals surface area contributed by atoms with Crippen LogP contribution in [0.15, 0.2) is 18.2 Å². The van der Waals surface area contributed by atoms with Gasteiger partial charge < -0.3 is 20.3 Å². The molecule has 0 unspecified atom stereocenters. The Balaban J connectivity index is 1.83. The molecule has 1 saturated heterocycles. The van der Waals surface area contributed by atoms with Crippen molar-refractivity contribution in [3.8, 4) is 0 Å². The summed E-state index contributed by atoms with van der Waals surface area (Å²) in [6.45, 7) is 22.8. The van der Waals surface area contributed by atoms with Crippen molar-refractivity contribution < 1.29 is 14.3 Å². The monoisotopic (exact) mass is 473 g/mol. The first-order valence-corrected chi connectivity index (χ1v) is 12.7. The van der Waals surface area contributed by atoms with Crippen LogP contribution in [0.25, 0.3) is 0 Å². The normalized spacial score (nSPS) is 16.3. The molecule has 2 rings (SSSR count). The Morgan fingerprint density at radius 2 is 1.41 bits per heavy atom. The largest absolute Gasteiger partial charge is 0.444 e. The van der Waals surface area contributed by atoms with Gasteiger partial charge in [-0.05, 0) is 86.7 Å². The average molecular weight is 474 g/mol. The maximum Gasteiger partial charge on any atom is 0.407 e. The lowest BCUT2D eigenvalue weighted by Gasteiger charge is -2.32. The summed E-state index contributed by atoms with van der Waals surface area (Å²) in [6.07, 6.45) is 1.72. The zero-order valence-electron chi connectivity index (χ0n) is 22.9. The minimum absolute atomic E-state index is 0.0124. The molecular weight excluding hydrogens is 426 g/mol. The van der Waals surface area contributed by atoms with Crippen LogP contribution in [-0.4, -0.2) is 55.2 Å². The van der Waals surface area contributed by atoms with Gasteiger partial charge >= 0.3 is 6.09 Å². The standard InChI is InChI=1S/C28H47N3O3/c1-26(2,3)22-16-21(17-23(18-22)27(4,5)6)24(32)30-19-20-10-13-31(14-11-20)15-12-29-25(33)34-28(7,8)9/h16-18,20H,10-15,19H2,1-9H3,(H,29,33)(H,30,32). The van der Waals surface area contributed by atoms with Gasteiger partial charge in [-0.25, -0.2) is 4.79 Å². The third kappa shape index (κ3) is 9.28. The smallest absolute Gasteiger partial charge is 0.407 e. The first kappa shape index (κ1) is 28.2. The Morgan fingerprint density at radius 1 is 0.882 bits per heavy atom. The number of benzene rings is 1. The molecule has 0 bridgehead atoms. The van der Waals surface area contributed by atoms with Crippen LogP contribution in [0.1, 0.15) is 96.6 Å². The van der Waals surface area contributed by atoms with E-state index in [4.69, 9.17) is 4.74 Å². The van der Waals surface area contributed by atoms with Crippen LogP contribution in [0.2, 0.25) is 0 Å². The maximum absolute atomic E-state index is 13.0. The fourth-order valence-corrected chi connectivity index (χ4v) is 4.01. The summed E-state index contributed by atoms with van der Waals surface area (Å²) in [6, 6.07) is 6.33. The summed E-state index contributed by atoms with van der Waals surface area (Å²) < 4.78 is 5.28. The molecule has 2 N–H and O–H groups in total. The van der Waals surface area contributed by atoms with E-state index in [1.165, 1.54) is 11.1 Å². The van der Waals surface area contributed by atoms with Crippen LogP contribution in [-0.2, 0) is 15.6 Å². The molecular formula is C28H47N3O3. The van der Waals surface area contributed by atoms with E-state index in [9.17, 15) is 9.59 Å². The predicted octanol–water partition coefficient (Wildman–Crippen LogP) is 5.25. The molecule has 0 radical (unpaired) electrons. The minimum Gasteiger partial charge on any atom is -0.444 e. The highest BCUT2D eigenvalue weighted by Crippen LogP contribution is 2.30. The summed E-state index contributed by atoms with van der Waals surface area (Å²) in [5.74, 6) is 0.493. The van der Waals surface area contributed by atoms with Crippen molar-refractivity contribution in [3.05, 3.63) is 34.9 Å². The van der Waals surface area contributed by atoms with Crippen molar-refractivity contribution in [1.82, 2.24) is 15.5 Å². The van der Waals surface area contributed by atoms with Gasteiger partial charge in [-0.2, -0.15) is 0 Å². The van der Waals surface area contributed by atoms with Gasteiger partial charge in [0.05, 0.1) is 0 Å². The van der Waals surface area contributed by atoms with Crippen LogP contribution in [0.4, 0.5) is 4.79 Å². The van der Waals surface area contributed by atoms with Gasteiger partial charge in [0.2, 0.25) is 0 Å². The number of carbonyl (C=O) groups is 2. The van der Waals surface area contributed by atoms with Gasteiger partial charge in [0.15, 0.2) is 0 Å². The Bertz CT molecular complexity index is 804. The number of hydrogen-bond donors (Lipinski definition) is 2. The fraction of sp³-hybridized carbons (Fsp3) is 0.714. The zero-order valence-corrected chi connectivity index (χ0v) is 22.9. The molecule has 0 saturated carbocycles. The topological polar surface area (TPSA) is 70.7 Å². The van der Waals surface area contributed by atoms with Gasteiger partial charge in [0.25, 0.3) is 5.91 Å². The fourth-order valence-electron chi connectivity index (χ4n) is 4.01. The number of alkyl carbamates (subject to hydrolysis) is 1. The molecule has 0 atom stereocenters. The van der Waals surface area contributed by atoms with E-state index >= 15 is 0 Å². The van der Waals surface area contributed by atoms with Crippen molar-refractivity contribution in [3.63, 3.8) is 0 Å². The van der Waals surface area contributed by atoms with Gasteiger partial charge in [-0.1, -0.05) is 47.6 Å². The van der Waals surface area contributed by atoms with E-state index in [2.05, 4.69) is 63.1 Å². The molecule has 192 valence electrons. The van der Waals surface area contributed by atoms with E-state index in [1.807, 2.05) is 32.9 Å². The highest BCUT2D eigenvalue weighted by atomic mass is 16.6. The van der Waals surface area contributed by atoms with Crippen molar-refractivity contribution >= 4 is 12.0 Å². The average Bonchev–Trinajstić information content (AvgIpc) is 2.70. The van der Waals surface area contributed by atoms with Crippen molar-refractivity contribution in [2.24, 2.45) is 5.92 Å². The molecule has 6 heteroatoms. The van der Waals surface area contributed by atoms with Crippen LogP contribution in [0.5, 0.6) is 0 Å². The SMILES string of the molecule is CC(C)(C)OC(=O)NCCN1CCC(CNC(=O)c2cc(C(C)(C)C)cc(C(C)(C)C)c2)CC1. The van der Waals surface area contributed by atoms with Crippen LogP contribution < -0.4 is 10.6 Å². The Hall–Kier alpha value is -2.08. The predicted molar refractivity (Wildman–Crippen MR) is 140 cm³/mol. The first-order chi connectivity index (χ1) is 15.5. The molecule has 0 spiro atoms. The molecule has 0 aliphatic carbocycles. The number of carbonyl (C=O) groups excluding carboxylic acids is 2. The number of hydrogen-bond acceptors (Lipinski definition) is 4. The molecule has 0 aromatic heterocycles. The number of piperidine rings is 1. The molecule has 1 aliphatic heterocycles. The van der Waals surface area contributed by atoms with Gasteiger partial charge in [0.1, 0.15) is 5.60 Å². The lowest BCUT2D eigenvalue weighted by atomic mass is 9.79. The molecule has 6 nitrogen and oxygen atoms in total. The number of likely N-dealkylation sites (tertiary alicyclic amines) is 1. The van der Waals surface area contributed by atoms with Crippen molar-refractivity contribution in [1.29, 1.82) is 0 Å². The maximum atomic E-state index is 13.0. The number of rotatable bonds is 6. The highest BCUT2D eigenvalue weighted by molar-refractivity contribution is 5.94. The number of amides is 2. The highest BCUT2D eigenvalue weighted by Gasteiger charge is 2.24. The molecule has 1 heterocycles. The molecule has 1 aromatic carbocycles. The molecule has 2 amide bonds. The summed E-state index contributed by atoms with van der Waals surface area (Å²) >= 11 is 0. The Labute approximate surface area is 207 Å². The van der Waals surface area contributed by atoms with Crippen molar-refractivity contribution in [2.75, 3.05) is 32.7 Å². The quantitative estimate of drug-likeness (QED) is 0.592.